The van der Waals surface area contributed by atoms with Crippen LogP contribution >= 0.6 is 11.6 Å². The van der Waals surface area contributed by atoms with Crippen LogP contribution in [0.25, 0.3) is 5.69 Å². The molecule has 124 valence electrons. The number of hydrogen-bond donors (Lipinski definition) is 0. The molecule has 0 saturated carbocycles. The molecule has 1 amide bonds. The zero-order valence-electron chi connectivity index (χ0n) is 13.7. The molecule has 3 rings (SSSR count). The van der Waals surface area contributed by atoms with Gasteiger partial charge in [-0.1, -0.05) is 17.7 Å². The van der Waals surface area contributed by atoms with E-state index >= 15 is 0 Å². The van der Waals surface area contributed by atoms with Crippen LogP contribution in [0.5, 0.6) is 0 Å². The molecule has 0 radical (unpaired) electrons. The third-order valence-corrected chi connectivity index (χ3v) is 4.38. The van der Waals surface area contributed by atoms with Crippen LogP contribution in [-0.4, -0.2) is 27.6 Å². The predicted octanol–water partition coefficient (Wildman–Crippen LogP) is 4.26. The van der Waals surface area contributed by atoms with Gasteiger partial charge in [0.2, 0.25) is 0 Å². The molecule has 0 saturated heterocycles. The van der Waals surface area contributed by atoms with Gasteiger partial charge in [0, 0.05) is 12.1 Å². The Hall–Kier alpha value is -2.53. The summed E-state index contributed by atoms with van der Waals surface area (Å²) in [4.78, 5) is 14.5. The number of aromatic nitrogens is 2. The van der Waals surface area contributed by atoms with E-state index in [2.05, 4.69) is 5.10 Å². The lowest BCUT2D eigenvalue weighted by Gasteiger charge is -2.23. The second-order valence-corrected chi connectivity index (χ2v) is 6.08. The summed E-state index contributed by atoms with van der Waals surface area (Å²) in [5, 5.41) is 4.96. The molecule has 2 heterocycles. The zero-order valence-corrected chi connectivity index (χ0v) is 14.5. The van der Waals surface area contributed by atoms with Crippen LogP contribution in [0.1, 0.15) is 34.8 Å². The van der Waals surface area contributed by atoms with Gasteiger partial charge < -0.3 is 9.32 Å². The molecule has 0 spiro atoms. The normalized spacial score (nSPS) is 12.2. The van der Waals surface area contributed by atoms with E-state index in [0.29, 0.717) is 10.6 Å². The summed E-state index contributed by atoms with van der Waals surface area (Å²) in [6, 6.07) is 10.9. The van der Waals surface area contributed by atoms with Crippen molar-refractivity contribution >= 4 is 17.5 Å². The van der Waals surface area contributed by atoms with Gasteiger partial charge in [-0.3, -0.25) is 4.79 Å². The second kappa shape index (κ2) is 6.53. The number of amides is 1. The third-order valence-electron chi connectivity index (χ3n) is 4.15. The maximum atomic E-state index is 12.8. The first kappa shape index (κ1) is 16.3. The van der Waals surface area contributed by atoms with E-state index in [-0.39, 0.29) is 11.9 Å². The molecule has 0 fully saturated rings. The largest absolute Gasteiger partial charge is 0.467 e. The summed E-state index contributed by atoms with van der Waals surface area (Å²) >= 11 is 6.04. The lowest BCUT2D eigenvalue weighted by atomic mass is 10.1. The van der Waals surface area contributed by atoms with Crippen LogP contribution in [0.15, 0.2) is 53.3 Å². The Balaban J connectivity index is 1.89. The molecule has 6 heteroatoms. The first-order chi connectivity index (χ1) is 11.5. The number of halogens is 1. The van der Waals surface area contributed by atoms with E-state index in [9.17, 15) is 4.79 Å². The minimum Gasteiger partial charge on any atom is -0.467 e. The van der Waals surface area contributed by atoms with Crippen LogP contribution in [0.4, 0.5) is 0 Å². The quantitative estimate of drug-likeness (QED) is 0.711. The minimum atomic E-state index is -0.165. The Labute approximate surface area is 145 Å². The van der Waals surface area contributed by atoms with E-state index in [1.807, 2.05) is 44.2 Å². The summed E-state index contributed by atoms with van der Waals surface area (Å²) in [6.07, 6.45) is 3.19. The van der Waals surface area contributed by atoms with Crippen LogP contribution in [0.3, 0.4) is 0 Å². The number of nitrogens with zero attached hydrogens (tertiary/aromatic N) is 3. The first-order valence-corrected chi connectivity index (χ1v) is 7.98. The van der Waals surface area contributed by atoms with E-state index in [1.54, 1.807) is 35.2 Å². The monoisotopic (exact) mass is 343 g/mol. The van der Waals surface area contributed by atoms with Gasteiger partial charge in [-0.05, 0) is 44.2 Å². The molecule has 0 N–H and O–H groups in total. The SMILES string of the molecule is Cc1c(C(=O)N(C)C(C)c2ccco2)cnn1-c1cccc(Cl)c1. The Kier molecular flexibility index (Phi) is 4.44. The fourth-order valence-electron chi connectivity index (χ4n) is 2.57. The topological polar surface area (TPSA) is 51.3 Å². The lowest BCUT2D eigenvalue weighted by molar-refractivity contribution is 0.0725. The van der Waals surface area contributed by atoms with Gasteiger partial charge >= 0.3 is 0 Å². The van der Waals surface area contributed by atoms with Crippen molar-refractivity contribution in [3.63, 3.8) is 0 Å². The summed E-state index contributed by atoms with van der Waals surface area (Å²) in [5.74, 6) is 0.635. The summed E-state index contributed by atoms with van der Waals surface area (Å²) in [5.41, 5.74) is 2.14. The van der Waals surface area contributed by atoms with Crippen molar-refractivity contribution in [1.82, 2.24) is 14.7 Å². The summed E-state index contributed by atoms with van der Waals surface area (Å²) in [7, 11) is 1.76. The highest BCUT2D eigenvalue weighted by atomic mass is 35.5. The number of rotatable bonds is 4. The average molecular weight is 344 g/mol. The third kappa shape index (κ3) is 2.95. The van der Waals surface area contributed by atoms with Crippen LogP contribution < -0.4 is 0 Å². The molecule has 0 aliphatic heterocycles. The van der Waals surface area contributed by atoms with Gasteiger partial charge in [0.05, 0.1) is 35.4 Å². The van der Waals surface area contributed by atoms with Crippen molar-refractivity contribution in [2.45, 2.75) is 19.9 Å². The summed E-state index contributed by atoms with van der Waals surface area (Å²) in [6.45, 7) is 3.79. The van der Waals surface area contributed by atoms with E-state index in [1.165, 1.54) is 0 Å². The highest BCUT2D eigenvalue weighted by Gasteiger charge is 2.24. The number of benzene rings is 1. The molecule has 1 atom stereocenters. The zero-order chi connectivity index (χ0) is 17.3. The van der Waals surface area contributed by atoms with Gasteiger partial charge in [-0.25, -0.2) is 4.68 Å². The predicted molar refractivity (Wildman–Crippen MR) is 92.5 cm³/mol. The Morgan fingerprint density at radius 2 is 2.12 bits per heavy atom. The second-order valence-electron chi connectivity index (χ2n) is 5.64. The van der Waals surface area contributed by atoms with E-state index in [0.717, 1.165) is 17.1 Å². The molecule has 3 aromatic rings. The molecular formula is C18H18ClN3O2. The highest BCUT2D eigenvalue weighted by molar-refractivity contribution is 6.30. The van der Waals surface area contributed by atoms with Crippen LogP contribution in [-0.2, 0) is 0 Å². The van der Waals surface area contributed by atoms with Crippen LogP contribution in [0, 0.1) is 6.92 Å². The number of hydrogen-bond acceptors (Lipinski definition) is 3. The Morgan fingerprint density at radius 1 is 1.33 bits per heavy atom. The van der Waals surface area contributed by atoms with Crippen molar-refractivity contribution in [1.29, 1.82) is 0 Å². The Morgan fingerprint density at radius 3 is 2.79 bits per heavy atom. The number of carbonyl (C=O) groups excluding carboxylic acids is 1. The van der Waals surface area contributed by atoms with Gasteiger partial charge in [0.25, 0.3) is 5.91 Å². The van der Waals surface area contributed by atoms with Crippen molar-refractivity contribution < 1.29 is 9.21 Å². The number of furan rings is 1. The highest BCUT2D eigenvalue weighted by Crippen LogP contribution is 2.23. The van der Waals surface area contributed by atoms with Crippen LogP contribution in [0.2, 0.25) is 5.02 Å². The fourth-order valence-corrected chi connectivity index (χ4v) is 2.76. The molecule has 24 heavy (non-hydrogen) atoms. The van der Waals surface area contributed by atoms with E-state index < -0.39 is 0 Å². The maximum Gasteiger partial charge on any atom is 0.257 e. The molecule has 0 bridgehead atoms. The molecule has 5 nitrogen and oxygen atoms in total. The molecule has 1 unspecified atom stereocenters. The average Bonchev–Trinajstić information content (AvgIpc) is 3.22. The van der Waals surface area contributed by atoms with Crippen molar-refractivity contribution in [3.05, 3.63) is 70.9 Å². The van der Waals surface area contributed by atoms with Gasteiger partial charge in [0.15, 0.2) is 0 Å². The molecule has 2 aromatic heterocycles. The van der Waals surface area contributed by atoms with Crippen molar-refractivity contribution in [2.75, 3.05) is 7.05 Å². The summed E-state index contributed by atoms with van der Waals surface area (Å²) < 4.78 is 7.10. The standard InChI is InChI=1S/C18H18ClN3O2/c1-12-16(11-20-22(12)15-7-4-6-14(19)10-15)18(23)21(3)13(2)17-8-5-9-24-17/h4-11,13H,1-3H3. The van der Waals surface area contributed by atoms with Crippen molar-refractivity contribution in [3.8, 4) is 5.69 Å². The minimum absolute atomic E-state index is 0.107. The molecule has 0 aliphatic carbocycles. The smallest absolute Gasteiger partial charge is 0.257 e. The maximum absolute atomic E-state index is 12.8. The Bertz CT molecular complexity index is 855. The lowest BCUT2D eigenvalue weighted by Crippen LogP contribution is -2.29. The van der Waals surface area contributed by atoms with Gasteiger partial charge in [0.1, 0.15) is 5.76 Å². The van der Waals surface area contributed by atoms with E-state index in [4.69, 9.17) is 16.0 Å². The first-order valence-electron chi connectivity index (χ1n) is 7.60. The molecule has 1 aromatic carbocycles. The van der Waals surface area contributed by atoms with Crippen molar-refractivity contribution in [2.24, 2.45) is 0 Å². The fraction of sp³-hybridized carbons (Fsp3) is 0.222. The molecule has 0 aliphatic rings. The molecular weight excluding hydrogens is 326 g/mol. The number of carbonyl (C=O) groups is 1. The van der Waals surface area contributed by atoms with Gasteiger partial charge in [-0.2, -0.15) is 5.10 Å². The van der Waals surface area contributed by atoms with Gasteiger partial charge in [-0.15, -0.1) is 0 Å².